The van der Waals surface area contributed by atoms with Crippen LogP contribution in [0.3, 0.4) is 0 Å². The maximum atomic E-state index is 9.61. The fraction of sp³-hybridized carbons (Fsp3) is 0.312. The first-order valence-electron chi connectivity index (χ1n) is 7.24. The Labute approximate surface area is 144 Å². The van der Waals surface area contributed by atoms with Crippen LogP contribution in [-0.4, -0.2) is 26.3 Å². The summed E-state index contributed by atoms with van der Waals surface area (Å²) in [4.78, 5) is 5.54. The number of nitriles is 1. The van der Waals surface area contributed by atoms with Crippen LogP contribution in [0.5, 0.6) is 0 Å². The molecule has 2 aromatic rings. The van der Waals surface area contributed by atoms with E-state index in [-0.39, 0.29) is 0 Å². The van der Waals surface area contributed by atoms with E-state index in [1.807, 2.05) is 35.6 Å². The van der Waals surface area contributed by atoms with Crippen molar-refractivity contribution in [1.29, 1.82) is 5.26 Å². The van der Waals surface area contributed by atoms with Gasteiger partial charge in [0.2, 0.25) is 0 Å². The summed E-state index contributed by atoms with van der Waals surface area (Å²) in [7, 11) is 0. The zero-order valence-electron chi connectivity index (χ0n) is 12.9. The van der Waals surface area contributed by atoms with Crippen molar-refractivity contribution in [1.82, 2.24) is 14.8 Å². The molecule has 23 heavy (non-hydrogen) atoms. The van der Waals surface area contributed by atoms with Gasteiger partial charge in [0, 0.05) is 39.0 Å². The molecule has 0 unspecified atom stereocenters. The lowest BCUT2D eigenvalue weighted by atomic mass is 10.0. The first-order chi connectivity index (χ1) is 11.2. The van der Waals surface area contributed by atoms with Gasteiger partial charge in [-0.1, -0.05) is 6.08 Å². The number of allylic oxidation sites excluding steroid dienone is 1. The highest BCUT2D eigenvalue weighted by atomic mass is 32.2. The van der Waals surface area contributed by atoms with E-state index in [1.54, 1.807) is 11.8 Å². The fourth-order valence-corrected chi connectivity index (χ4v) is 4.92. The van der Waals surface area contributed by atoms with Gasteiger partial charge >= 0.3 is 0 Å². The molecule has 0 saturated carbocycles. The first kappa shape index (κ1) is 16.0. The largest absolute Gasteiger partial charge is 0.383 e. The molecule has 7 heteroatoms. The van der Waals surface area contributed by atoms with Crippen molar-refractivity contribution >= 4 is 29.3 Å². The number of nitrogens with zero attached hydrogens (tertiary/aromatic N) is 4. The highest BCUT2D eigenvalue weighted by molar-refractivity contribution is 8.03. The Morgan fingerprint density at radius 3 is 3.09 bits per heavy atom. The van der Waals surface area contributed by atoms with Gasteiger partial charge in [0.05, 0.1) is 18.4 Å². The molecule has 3 heterocycles. The monoisotopic (exact) mass is 343 g/mol. The molecule has 0 aromatic carbocycles. The van der Waals surface area contributed by atoms with Crippen LogP contribution < -0.4 is 5.73 Å². The summed E-state index contributed by atoms with van der Waals surface area (Å²) in [6.45, 7) is 6.40. The maximum absolute atomic E-state index is 9.61. The second kappa shape index (κ2) is 6.69. The average molecular weight is 343 g/mol. The predicted octanol–water partition coefficient (Wildman–Crippen LogP) is 3.23. The number of hydrogen-bond acceptors (Lipinski definition) is 6. The topological polar surface area (TPSA) is 80.5 Å². The van der Waals surface area contributed by atoms with Gasteiger partial charge in [0.15, 0.2) is 0 Å². The van der Waals surface area contributed by atoms with E-state index < -0.39 is 0 Å². The molecule has 0 bridgehead atoms. The Bertz CT molecular complexity index is 804. The molecule has 5 nitrogen and oxygen atoms in total. The third kappa shape index (κ3) is 2.84. The van der Waals surface area contributed by atoms with Gasteiger partial charge in [0.1, 0.15) is 17.5 Å². The Hall–Kier alpha value is -1.91. The molecule has 1 aliphatic rings. The van der Waals surface area contributed by atoms with Crippen molar-refractivity contribution in [3.8, 4) is 17.2 Å². The number of nitrogen functional groups attached to an aromatic ring is 1. The van der Waals surface area contributed by atoms with E-state index in [2.05, 4.69) is 22.7 Å². The van der Waals surface area contributed by atoms with Crippen LogP contribution in [0.15, 0.2) is 23.7 Å². The first-order valence-corrected chi connectivity index (χ1v) is 9.38. The second-order valence-corrected chi connectivity index (χ2v) is 7.36. The van der Waals surface area contributed by atoms with E-state index in [1.165, 1.54) is 0 Å². The van der Waals surface area contributed by atoms with E-state index >= 15 is 0 Å². The van der Waals surface area contributed by atoms with Gasteiger partial charge in [-0.25, -0.2) is 4.98 Å². The lowest BCUT2D eigenvalue weighted by Crippen LogP contribution is -2.05. The molecule has 0 radical (unpaired) electrons. The minimum Gasteiger partial charge on any atom is -0.383 e. The number of hydrogen-bond donors (Lipinski definition) is 1. The molecule has 2 N–H and O–H groups in total. The van der Waals surface area contributed by atoms with Crippen molar-refractivity contribution < 1.29 is 0 Å². The smallest absolute Gasteiger partial charge is 0.142 e. The minimum absolute atomic E-state index is 0.306. The summed E-state index contributed by atoms with van der Waals surface area (Å²) in [6, 6.07) is 2.24. The number of fused-ring (bicyclic) bond motifs is 1. The van der Waals surface area contributed by atoms with E-state index in [9.17, 15) is 5.26 Å². The minimum atomic E-state index is 0.306. The van der Waals surface area contributed by atoms with Crippen molar-refractivity contribution in [2.45, 2.75) is 24.1 Å². The molecular formula is C16H17N5S2. The molecule has 0 fully saturated rings. The van der Waals surface area contributed by atoms with Crippen molar-refractivity contribution in [3.05, 3.63) is 35.8 Å². The summed E-state index contributed by atoms with van der Waals surface area (Å²) < 4.78 is 1.88. The number of aromatic nitrogens is 3. The standard InChI is InChI=1S/C16H17N5S2/c1-3-4-21-10(2)12(8-19-21)14-11(7-17)16(18)20-13-9-22-5-6-23-15(13)14/h3,8H,1,4-6,9H2,2H3,(H2,18,20). The highest BCUT2D eigenvalue weighted by Crippen LogP contribution is 2.42. The number of anilines is 1. The summed E-state index contributed by atoms with van der Waals surface area (Å²) in [6.07, 6.45) is 3.62. The fourth-order valence-electron chi connectivity index (χ4n) is 2.63. The summed E-state index contributed by atoms with van der Waals surface area (Å²) in [5.74, 6) is 3.20. The number of rotatable bonds is 3. The Morgan fingerprint density at radius 2 is 2.35 bits per heavy atom. The maximum Gasteiger partial charge on any atom is 0.142 e. The molecule has 2 aromatic heterocycles. The predicted molar refractivity (Wildman–Crippen MR) is 96.4 cm³/mol. The van der Waals surface area contributed by atoms with Gasteiger partial charge in [-0.05, 0) is 6.92 Å². The third-order valence-electron chi connectivity index (χ3n) is 3.75. The zero-order valence-corrected chi connectivity index (χ0v) is 14.5. The van der Waals surface area contributed by atoms with Crippen LogP contribution in [0.4, 0.5) is 5.82 Å². The summed E-state index contributed by atoms with van der Waals surface area (Å²) in [5.41, 5.74) is 10.3. The molecule has 3 rings (SSSR count). The van der Waals surface area contributed by atoms with Gasteiger partial charge in [0.25, 0.3) is 0 Å². The lowest BCUT2D eigenvalue weighted by molar-refractivity contribution is 0.680. The van der Waals surface area contributed by atoms with Crippen LogP contribution in [-0.2, 0) is 12.3 Å². The number of thioether (sulfide) groups is 2. The van der Waals surface area contributed by atoms with Gasteiger partial charge < -0.3 is 5.73 Å². The van der Waals surface area contributed by atoms with Gasteiger partial charge in [-0.15, -0.1) is 18.3 Å². The molecule has 0 aliphatic carbocycles. The average Bonchev–Trinajstić information content (AvgIpc) is 2.74. The quantitative estimate of drug-likeness (QED) is 0.862. The van der Waals surface area contributed by atoms with Crippen LogP contribution in [0.2, 0.25) is 0 Å². The second-order valence-electron chi connectivity index (χ2n) is 5.15. The summed E-state index contributed by atoms with van der Waals surface area (Å²) in [5, 5.41) is 14.0. The lowest BCUT2D eigenvalue weighted by Gasteiger charge is -2.14. The molecule has 0 amide bonds. The molecule has 0 spiro atoms. The summed E-state index contributed by atoms with van der Waals surface area (Å²) >= 11 is 3.60. The number of pyridine rings is 1. The molecular weight excluding hydrogens is 326 g/mol. The third-order valence-corrected chi connectivity index (χ3v) is 6.12. The highest BCUT2D eigenvalue weighted by Gasteiger charge is 2.24. The Morgan fingerprint density at radius 1 is 1.52 bits per heavy atom. The van der Waals surface area contributed by atoms with Crippen LogP contribution >= 0.6 is 23.5 Å². The van der Waals surface area contributed by atoms with E-state index in [4.69, 9.17) is 5.73 Å². The molecule has 118 valence electrons. The molecule has 1 aliphatic heterocycles. The Kier molecular flexibility index (Phi) is 4.64. The molecule has 0 saturated heterocycles. The van der Waals surface area contributed by atoms with E-state index in [0.717, 1.165) is 44.7 Å². The van der Waals surface area contributed by atoms with Gasteiger partial charge in [-0.3, -0.25) is 4.68 Å². The van der Waals surface area contributed by atoms with Gasteiger partial charge in [-0.2, -0.15) is 22.1 Å². The van der Waals surface area contributed by atoms with Crippen molar-refractivity contribution in [2.24, 2.45) is 0 Å². The normalized spacial score (nSPS) is 13.9. The van der Waals surface area contributed by atoms with Crippen molar-refractivity contribution in [2.75, 3.05) is 17.2 Å². The van der Waals surface area contributed by atoms with Crippen LogP contribution in [0.25, 0.3) is 11.1 Å². The SMILES string of the molecule is C=CCn1ncc(-c2c(C#N)c(N)nc3c2SCCSC3)c1C. The van der Waals surface area contributed by atoms with E-state index in [0.29, 0.717) is 17.9 Å². The Balaban J connectivity index is 2.27. The van der Waals surface area contributed by atoms with Crippen molar-refractivity contribution in [3.63, 3.8) is 0 Å². The van der Waals surface area contributed by atoms with Crippen LogP contribution in [0, 0.1) is 18.3 Å². The molecule has 0 atom stereocenters. The number of nitrogens with two attached hydrogens (primary N) is 1. The zero-order chi connectivity index (χ0) is 16.4. The van der Waals surface area contributed by atoms with Crippen LogP contribution in [0.1, 0.15) is 17.0 Å².